The van der Waals surface area contributed by atoms with E-state index in [9.17, 15) is 0 Å². The van der Waals surface area contributed by atoms with Gasteiger partial charge >= 0.3 is 0 Å². The van der Waals surface area contributed by atoms with Crippen LogP contribution in [0, 0.1) is 0 Å². The minimum absolute atomic E-state index is 0.829. The largest absolute Gasteiger partial charge is 0.402 e. The Kier molecular flexibility index (Phi) is 2.92. The van der Waals surface area contributed by atoms with Gasteiger partial charge in [0, 0.05) is 19.0 Å². The van der Waals surface area contributed by atoms with E-state index >= 15 is 0 Å². The minimum Gasteiger partial charge on any atom is -0.402 e. The third-order valence-electron chi connectivity index (χ3n) is 0.945. The average molecular weight is 112 g/mol. The molecule has 0 aliphatic carbocycles. The number of aliphatic imine (C=N–C) groups is 1. The molecule has 0 aliphatic rings. The second-order valence-corrected chi connectivity index (χ2v) is 1.75. The van der Waals surface area contributed by atoms with Gasteiger partial charge in [-0.3, -0.25) is 4.99 Å². The van der Waals surface area contributed by atoms with Crippen molar-refractivity contribution in [2.45, 2.75) is 13.8 Å². The first-order chi connectivity index (χ1) is 3.68. The zero-order valence-corrected chi connectivity index (χ0v) is 5.60. The third-order valence-corrected chi connectivity index (χ3v) is 0.945. The summed E-state index contributed by atoms with van der Waals surface area (Å²) in [6.07, 6.45) is 1.75. The van der Waals surface area contributed by atoms with E-state index in [-0.39, 0.29) is 0 Å². The van der Waals surface area contributed by atoms with E-state index in [4.69, 9.17) is 5.73 Å². The Morgan fingerprint density at radius 3 is 2.12 bits per heavy atom. The monoisotopic (exact) mass is 112 g/mol. The van der Waals surface area contributed by atoms with E-state index in [0.717, 1.165) is 11.3 Å². The maximum absolute atomic E-state index is 5.41. The first kappa shape index (κ1) is 7.21. The third kappa shape index (κ3) is 2.39. The summed E-state index contributed by atoms with van der Waals surface area (Å²) in [5, 5.41) is 0. The molecule has 0 radical (unpaired) electrons. The van der Waals surface area contributed by atoms with Crippen molar-refractivity contribution in [2.24, 2.45) is 10.7 Å². The van der Waals surface area contributed by atoms with Crippen LogP contribution in [0.4, 0.5) is 0 Å². The van der Waals surface area contributed by atoms with E-state index in [1.165, 1.54) is 0 Å². The number of nitrogens with zero attached hydrogens (tertiary/aromatic N) is 1. The molecule has 8 heavy (non-hydrogen) atoms. The van der Waals surface area contributed by atoms with Gasteiger partial charge in [0.1, 0.15) is 0 Å². The van der Waals surface area contributed by atoms with Crippen LogP contribution in [-0.4, -0.2) is 13.3 Å². The van der Waals surface area contributed by atoms with Crippen LogP contribution in [0.2, 0.25) is 0 Å². The highest BCUT2D eigenvalue weighted by molar-refractivity contribution is 5.78. The van der Waals surface area contributed by atoms with Gasteiger partial charge in [0.25, 0.3) is 0 Å². The summed E-state index contributed by atoms with van der Waals surface area (Å²) in [5.74, 6) is 0. The minimum atomic E-state index is 0.829. The lowest BCUT2D eigenvalue weighted by Gasteiger charge is -1.91. The van der Waals surface area contributed by atoms with Crippen LogP contribution in [0.1, 0.15) is 13.8 Å². The lowest BCUT2D eigenvalue weighted by atomic mass is 10.3. The molecule has 0 unspecified atom stereocenters. The van der Waals surface area contributed by atoms with E-state index < -0.39 is 0 Å². The number of hydrogen-bond donors (Lipinski definition) is 1. The van der Waals surface area contributed by atoms with Crippen molar-refractivity contribution >= 4 is 6.21 Å². The molecule has 0 spiro atoms. The predicted octanol–water partition coefficient (Wildman–Crippen LogP) is 0.940. The van der Waals surface area contributed by atoms with Gasteiger partial charge in [-0.25, -0.2) is 0 Å². The van der Waals surface area contributed by atoms with Crippen LogP contribution in [0.3, 0.4) is 0 Å². The quantitative estimate of drug-likeness (QED) is 0.504. The second-order valence-electron chi connectivity index (χ2n) is 1.75. The Balaban J connectivity index is 4.00. The van der Waals surface area contributed by atoms with Gasteiger partial charge in [-0.05, 0) is 19.4 Å². The molecule has 0 heterocycles. The van der Waals surface area contributed by atoms with Crippen LogP contribution in [0.25, 0.3) is 0 Å². The molecule has 2 heteroatoms. The number of nitrogens with two attached hydrogens (primary N) is 1. The van der Waals surface area contributed by atoms with Crippen molar-refractivity contribution in [1.29, 1.82) is 0 Å². The number of allylic oxidation sites excluding steroid dienone is 2. The van der Waals surface area contributed by atoms with Crippen molar-refractivity contribution in [1.82, 2.24) is 0 Å². The van der Waals surface area contributed by atoms with Gasteiger partial charge in [-0.1, -0.05) is 0 Å². The molecule has 46 valence electrons. The van der Waals surface area contributed by atoms with Gasteiger partial charge in [-0.2, -0.15) is 0 Å². The lowest BCUT2D eigenvalue weighted by molar-refractivity contribution is 1.26. The Bertz CT molecular complexity index is 118. The van der Waals surface area contributed by atoms with E-state index in [0.29, 0.717) is 0 Å². The Morgan fingerprint density at radius 2 is 2.00 bits per heavy atom. The van der Waals surface area contributed by atoms with Gasteiger partial charge < -0.3 is 5.73 Å². The summed E-state index contributed by atoms with van der Waals surface area (Å²) < 4.78 is 0. The fourth-order valence-corrected chi connectivity index (χ4v) is 0.295. The summed E-state index contributed by atoms with van der Waals surface area (Å²) in [6, 6.07) is 0. The maximum Gasteiger partial charge on any atom is 0.0277 e. The Morgan fingerprint density at radius 1 is 1.50 bits per heavy atom. The molecular formula is C6H12N2. The summed E-state index contributed by atoms with van der Waals surface area (Å²) in [4.78, 5) is 3.79. The number of rotatable bonds is 1. The smallest absolute Gasteiger partial charge is 0.0277 e. The predicted molar refractivity (Wildman–Crippen MR) is 37.0 cm³/mol. The zero-order chi connectivity index (χ0) is 6.57. The van der Waals surface area contributed by atoms with Crippen molar-refractivity contribution in [3.05, 3.63) is 11.3 Å². The summed E-state index contributed by atoms with van der Waals surface area (Å²) in [7, 11) is 1.73. The topological polar surface area (TPSA) is 38.4 Å². The molecule has 0 aromatic carbocycles. The van der Waals surface area contributed by atoms with Crippen LogP contribution >= 0.6 is 0 Å². The molecule has 0 amide bonds. The lowest BCUT2D eigenvalue weighted by Crippen LogP contribution is -1.95. The highest BCUT2D eigenvalue weighted by Gasteiger charge is 1.82. The maximum atomic E-state index is 5.41. The number of hydrogen-bond acceptors (Lipinski definition) is 2. The highest BCUT2D eigenvalue weighted by Crippen LogP contribution is 1.90. The molecule has 0 rings (SSSR count). The highest BCUT2D eigenvalue weighted by atomic mass is 14.6. The Labute approximate surface area is 50.1 Å². The molecule has 0 aromatic heterocycles. The standard InChI is InChI=1S/C6H12N2/c1-5(4-8-3)6(2)7/h4H,7H2,1-3H3. The van der Waals surface area contributed by atoms with Gasteiger partial charge in [0.05, 0.1) is 0 Å². The molecule has 0 aromatic rings. The normalized spacial score (nSPS) is 14.4. The fourth-order valence-electron chi connectivity index (χ4n) is 0.295. The van der Waals surface area contributed by atoms with E-state index in [1.54, 1.807) is 13.3 Å². The molecule has 0 fully saturated rings. The molecule has 0 aliphatic heterocycles. The molecule has 0 saturated heterocycles. The first-order valence-corrected chi connectivity index (χ1v) is 2.53. The zero-order valence-electron chi connectivity index (χ0n) is 5.60. The van der Waals surface area contributed by atoms with Gasteiger partial charge in [0.2, 0.25) is 0 Å². The molecule has 2 nitrogen and oxygen atoms in total. The summed E-state index contributed by atoms with van der Waals surface area (Å²) in [5.41, 5.74) is 7.27. The van der Waals surface area contributed by atoms with Crippen molar-refractivity contribution < 1.29 is 0 Å². The SMILES string of the molecule is CN=CC(C)=C(C)N. The van der Waals surface area contributed by atoms with Crippen LogP contribution in [-0.2, 0) is 0 Å². The Hall–Kier alpha value is -0.790. The van der Waals surface area contributed by atoms with Crippen LogP contribution in [0.15, 0.2) is 16.3 Å². The fraction of sp³-hybridized carbons (Fsp3) is 0.500. The van der Waals surface area contributed by atoms with Crippen LogP contribution in [0.5, 0.6) is 0 Å². The van der Waals surface area contributed by atoms with E-state index in [1.807, 2.05) is 13.8 Å². The van der Waals surface area contributed by atoms with Crippen LogP contribution < -0.4 is 5.73 Å². The molecule has 0 saturated carbocycles. The van der Waals surface area contributed by atoms with Gasteiger partial charge in [0.15, 0.2) is 0 Å². The van der Waals surface area contributed by atoms with Crippen molar-refractivity contribution in [3.63, 3.8) is 0 Å². The molecular weight excluding hydrogens is 100 g/mol. The molecule has 0 atom stereocenters. The molecule has 2 N–H and O–H groups in total. The molecule has 0 bridgehead atoms. The van der Waals surface area contributed by atoms with Crippen molar-refractivity contribution in [2.75, 3.05) is 7.05 Å². The van der Waals surface area contributed by atoms with E-state index in [2.05, 4.69) is 4.99 Å². The summed E-state index contributed by atoms with van der Waals surface area (Å²) in [6.45, 7) is 3.79. The summed E-state index contributed by atoms with van der Waals surface area (Å²) >= 11 is 0. The first-order valence-electron chi connectivity index (χ1n) is 2.53. The second kappa shape index (κ2) is 3.24. The van der Waals surface area contributed by atoms with Gasteiger partial charge in [-0.15, -0.1) is 0 Å². The van der Waals surface area contributed by atoms with Crippen molar-refractivity contribution in [3.8, 4) is 0 Å². The average Bonchev–Trinajstić information content (AvgIpc) is 1.67.